The lowest BCUT2D eigenvalue weighted by Gasteiger charge is -2.10. The molecule has 2 N–H and O–H groups in total. The molecule has 0 aliphatic rings. The van der Waals surface area contributed by atoms with Gasteiger partial charge in [0.2, 0.25) is 5.88 Å². The largest absolute Gasteiger partial charge is 0.494 e. The molecule has 0 unspecified atom stereocenters. The SMILES string of the molecule is CC(=O)Oc1ccc(Cc2sc(=S)n(CC(=O)O)c2O)cc1OC(C)=O. The van der Waals surface area contributed by atoms with E-state index in [0.29, 0.717) is 10.4 Å². The highest BCUT2D eigenvalue weighted by atomic mass is 32.1. The van der Waals surface area contributed by atoms with Gasteiger partial charge in [-0.25, -0.2) is 0 Å². The first-order valence-corrected chi connectivity index (χ1v) is 8.53. The molecule has 0 bridgehead atoms. The van der Waals surface area contributed by atoms with Gasteiger partial charge in [-0.2, -0.15) is 0 Å². The molecule has 0 saturated heterocycles. The Morgan fingerprint density at radius 2 is 1.77 bits per heavy atom. The number of aromatic nitrogens is 1. The van der Waals surface area contributed by atoms with E-state index >= 15 is 0 Å². The first kappa shape index (κ1) is 19.6. The van der Waals surface area contributed by atoms with Gasteiger partial charge in [0.1, 0.15) is 6.54 Å². The Kier molecular flexibility index (Phi) is 6.11. The summed E-state index contributed by atoms with van der Waals surface area (Å²) in [4.78, 5) is 33.7. The van der Waals surface area contributed by atoms with Gasteiger partial charge in [-0.05, 0) is 29.9 Å². The molecule has 1 heterocycles. The van der Waals surface area contributed by atoms with Crippen LogP contribution in [0.5, 0.6) is 17.4 Å². The van der Waals surface area contributed by atoms with Crippen molar-refractivity contribution in [2.75, 3.05) is 0 Å². The Morgan fingerprint density at radius 3 is 2.35 bits per heavy atom. The van der Waals surface area contributed by atoms with Crippen molar-refractivity contribution in [3.05, 3.63) is 32.6 Å². The van der Waals surface area contributed by atoms with E-state index in [1.807, 2.05) is 0 Å². The highest BCUT2D eigenvalue weighted by Gasteiger charge is 2.16. The molecule has 8 nitrogen and oxygen atoms in total. The number of rotatable bonds is 6. The van der Waals surface area contributed by atoms with Crippen LogP contribution in [-0.4, -0.2) is 32.7 Å². The fraction of sp³-hybridized carbons (Fsp3) is 0.250. The van der Waals surface area contributed by atoms with E-state index in [1.165, 1.54) is 26.0 Å². The average molecular weight is 397 g/mol. The number of carbonyl (C=O) groups excluding carboxylic acids is 2. The lowest BCUT2D eigenvalue weighted by Crippen LogP contribution is -2.08. The summed E-state index contributed by atoms with van der Waals surface area (Å²) in [5.74, 6) is -2.33. The van der Waals surface area contributed by atoms with Crippen molar-refractivity contribution in [2.45, 2.75) is 26.8 Å². The van der Waals surface area contributed by atoms with Gasteiger partial charge in [-0.3, -0.25) is 19.0 Å². The quantitative estimate of drug-likeness (QED) is 0.434. The predicted molar refractivity (Wildman–Crippen MR) is 94.3 cm³/mol. The molecule has 0 radical (unpaired) electrons. The fourth-order valence-electron chi connectivity index (χ4n) is 2.15. The van der Waals surface area contributed by atoms with E-state index < -0.39 is 24.5 Å². The molecule has 0 saturated carbocycles. The number of nitrogens with zero attached hydrogens (tertiary/aromatic N) is 1. The molecule has 1 aromatic heterocycles. The molecule has 0 amide bonds. The maximum absolute atomic E-state index is 11.3. The second kappa shape index (κ2) is 8.11. The van der Waals surface area contributed by atoms with Gasteiger partial charge in [-0.15, -0.1) is 11.3 Å². The number of carbonyl (C=O) groups is 3. The molecule has 10 heteroatoms. The molecule has 0 spiro atoms. The lowest BCUT2D eigenvalue weighted by atomic mass is 10.1. The van der Waals surface area contributed by atoms with E-state index in [1.54, 1.807) is 6.07 Å². The number of hydrogen-bond acceptors (Lipinski definition) is 8. The molecular formula is C16H15NO7S2. The third kappa shape index (κ3) is 4.90. The zero-order valence-corrected chi connectivity index (χ0v) is 15.5. The van der Waals surface area contributed by atoms with E-state index in [2.05, 4.69) is 0 Å². The highest BCUT2D eigenvalue weighted by Crippen LogP contribution is 2.33. The highest BCUT2D eigenvalue weighted by molar-refractivity contribution is 7.73. The predicted octanol–water partition coefficient (Wildman–Crippen LogP) is 2.51. The summed E-state index contributed by atoms with van der Waals surface area (Å²) in [6.45, 7) is 2.00. The van der Waals surface area contributed by atoms with Crippen LogP contribution in [0.2, 0.25) is 0 Å². The molecule has 0 aliphatic heterocycles. The zero-order valence-electron chi connectivity index (χ0n) is 13.8. The van der Waals surface area contributed by atoms with E-state index in [-0.39, 0.29) is 27.8 Å². The topological polar surface area (TPSA) is 115 Å². The van der Waals surface area contributed by atoms with Gasteiger partial charge in [0.25, 0.3) is 0 Å². The third-order valence-electron chi connectivity index (χ3n) is 3.11. The van der Waals surface area contributed by atoms with Crippen molar-refractivity contribution in [1.29, 1.82) is 0 Å². The van der Waals surface area contributed by atoms with E-state index in [4.69, 9.17) is 26.8 Å². The normalized spacial score (nSPS) is 10.4. The standard InChI is InChI=1S/C16H15NO7S2/c1-8(18)23-11-4-3-10(5-12(11)24-9(2)19)6-13-15(22)17(7-14(20)21)16(25)26-13/h3-5,22H,6-7H2,1-2H3,(H,20,21). The van der Waals surface area contributed by atoms with Gasteiger partial charge in [0, 0.05) is 20.3 Å². The number of ether oxygens (including phenoxy) is 2. The number of esters is 2. The van der Waals surface area contributed by atoms with Crippen molar-refractivity contribution >= 4 is 41.5 Å². The molecule has 0 atom stereocenters. The summed E-state index contributed by atoms with van der Waals surface area (Å²) in [5, 5.41) is 19.1. The maximum Gasteiger partial charge on any atom is 0.323 e. The first-order chi connectivity index (χ1) is 12.2. The van der Waals surface area contributed by atoms with Crippen LogP contribution in [0.15, 0.2) is 18.2 Å². The Morgan fingerprint density at radius 1 is 1.15 bits per heavy atom. The first-order valence-electron chi connectivity index (χ1n) is 7.30. The van der Waals surface area contributed by atoms with Crippen molar-refractivity contribution in [2.24, 2.45) is 0 Å². The molecular weight excluding hydrogens is 382 g/mol. The number of aromatic hydroxyl groups is 1. The minimum absolute atomic E-state index is 0.0678. The number of hydrogen-bond donors (Lipinski definition) is 2. The monoisotopic (exact) mass is 397 g/mol. The Hall–Kier alpha value is -2.72. The summed E-state index contributed by atoms with van der Waals surface area (Å²) in [5.41, 5.74) is 0.645. The van der Waals surface area contributed by atoms with Crippen LogP contribution in [-0.2, 0) is 27.3 Å². The number of carboxylic acids is 1. The van der Waals surface area contributed by atoms with Crippen LogP contribution in [0.3, 0.4) is 0 Å². The van der Waals surface area contributed by atoms with E-state index in [0.717, 1.165) is 15.9 Å². The summed E-state index contributed by atoms with van der Waals surface area (Å²) in [7, 11) is 0. The van der Waals surface area contributed by atoms with Crippen LogP contribution < -0.4 is 9.47 Å². The molecule has 2 rings (SSSR count). The Bertz CT molecular complexity index is 929. The minimum Gasteiger partial charge on any atom is -0.494 e. The van der Waals surface area contributed by atoms with Gasteiger partial charge >= 0.3 is 17.9 Å². The minimum atomic E-state index is -1.12. The second-order valence-electron chi connectivity index (χ2n) is 5.24. The summed E-state index contributed by atoms with van der Waals surface area (Å²) < 4.78 is 11.4. The number of carboxylic acid groups (broad SMARTS) is 1. The Balaban J connectivity index is 2.35. The van der Waals surface area contributed by atoms with Gasteiger partial charge in [0.15, 0.2) is 15.5 Å². The van der Waals surface area contributed by atoms with Crippen LogP contribution in [0.1, 0.15) is 24.3 Å². The second-order valence-corrected chi connectivity index (χ2v) is 6.97. The van der Waals surface area contributed by atoms with Gasteiger partial charge in [0.05, 0.1) is 4.88 Å². The van der Waals surface area contributed by atoms with Gasteiger partial charge in [-0.1, -0.05) is 6.07 Å². The lowest BCUT2D eigenvalue weighted by molar-refractivity contribution is -0.138. The van der Waals surface area contributed by atoms with Crippen molar-refractivity contribution < 1.29 is 34.1 Å². The average Bonchev–Trinajstić information content (AvgIpc) is 2.76. The smallest absolute Gasteiger partial charge is 0.323 e. The van der Waals surface area contributed by atoms with Crippen LogP contribution in [0, 0.1) is 3.95 Å². The molecule has 0 fully saturated rings. The third-order valence-corrected chi connectivity index (χ3v) is 4.55. The van der Waals surface area contributed by atoms with E-state index in [9.17, 15) is 19.5 Å². The fourth-order valence-corrected chi connectivity index (χ4v) is 3.52. The maximum atomic E-state index is 11.3. The van der Waals surface area contributed by atoms with Gasteiger partial charge < -0.3 is 19.7 Å². The zero-order chi connectivity index (χ0) is 19.4. The van der Waals surface area contributed by atoms with Crippen molar-refractivity contribution in [1.82, 2.24) is 4.57 Å². The van der Waals surface area contributed by atoms with Crippen molar-refractivity contribution in [3.63, 3.8) is 0 Å². The molecule has 26 heavy (non-hydrogen) atoms. The number of thiazole rings is 1. The number of aliphatic carboxylic acids is 1. The van der Waals surface area contributed by atoms with Crippen LogP contribution in [0.4, 0.5) is 0 Å². The van der Waals surface area contributed by atoms with Crippen molar-refractivity contribution in [3.8, 4) is 17.4 Å². The van der Waals surface area contributed by atoms with Crippen LogP contribution >= 0.6 is 23.6 Å². The molecule has 1 aromatic carbocycles. The summed E-state index contributed by atoms with van der Waals surface area (Å²) in [6, 6.07) is 4.61. The summed E-state index contributed by atoms with van der Waals surface area (Å²) in [6.07, 6.45) is 0.224. The summed E-state index contributed by atoms with van der Waals surface area (Å²) >= 11 is 6.16. The molecule has 138 valence electrons. The molecule has 2 aromatic rings. The molecule has 0 aliphatic carbocycles. The van der Waals surface area contributed by atoms with Crippen LogP contribution in [0.25, 0.3) is 0 Å². The Labute approximate surface area is 157 Å². The number of benzene rings is 1.